The molecule has 148 valence electrons. The molecular formula is C22H16ClF2NO3. The molecule has 4 nitrogen and oxygen atoms in total. The minimum Gasteiger partial charge on any atom is -0.481 e. The third kappa shape index (κ3) is 4.97. The Labute approximate surface area is 171 Å². The molecule has 0 aliphatic carbocycles. The average Bonchev–Trinajstić information content (AvgIpc) is 2.71. The lowest BCUT2D eigenvalue weighted by Gasteiger charge is -2.15. The van der Waals surface area contributed by atoms with Gasteiger partial charge in [0.25, 0.3) is 5.91 Å². The SMILES string of the molecule is C[C@H](Oc1ccc(C(=O)c2ccc(Cl)cc2)cc1)C(=O)Nc1c(F)cccc1F. The normalized spacial score (nSPS) is 11.6. The van der Waals surface area contributed by atoms with Gasteiger partial charge in [-0.3, -0.25) is 9.59 Å². The predicted octanol–water partition coefficient (Wildman–Crippen LogP) is 5.26. The van der Waals surface area contributed by atoms with Crippen LogP contribution < -0.4 is 10.1 Å². The number of benzene rings is 3. The van der Waals surface area contributed by atoms with Crippen molar-refractivity contribution in [3.05, 3.63) is 94.5 Å². The monoisotopic (exact) mass is 415 g/mol. The first kappa shape index (κ1) is 20.5. The zero-order valence-corrected chi connectivity index (χ0v) is 16.0. The van der Waals surface area contributed by atoms with Gasteiger partial charge in [0.1, 0.15) is 23.1 Å². The van der Waals surface area contributed by atoms with Crippen LogP contribution in [-0.4, -0.2) is 17.8 Å². The summed E-state index contributed by atoms with van der Waals surface area (Å²) in [6.07, 6.45) is -1.02. The first-order chi connectivity index (χ1) is 13.8. The van der Waals surface area contributed by atoms with Crippen LogP contribution in [0.1, 0.15) is 22.8 Å². The summed E-state index contributed by atoms with van der Waals surface area (Å²) < 4.78 is 32.8. The molecule has 0 saturated heterocycles. The molecule has 0 aromatic heterocycles. The van der Waals surface area contributed by atoms with E-state index in [2.05, 4.69) is 5.32 Å². The molecule has 0 bridgehead atoms. The van der Waals surface area contributed by atoms with Crippen LogP contribution in [0.2, 0.25) is 5.02 Å². The van der Waals surface area contributed by atoms with E-state index in [1.54, 1.807) is 36.4 Å². The molecule has 1 N–H and O–H groups in total. The number of nitrogens with one attached hydrogen (secondary N) is 1. The molecule has 1 amide bonds. The van der Waals surface area contributed by atoms with E-state index in [4.69, 9.17) is 16.3 Å². The molecule has 0 aliphatic heterocycles. The van der Waals surface area contributed by atoms with Crippen LogP contribution >= 0.6 is 11.6 Å². The summed E-state index contributed by atoms with van der Waals surface area (Å²) in [6, 6.07) is 16.0. The van der Waals surface area contributed by atoms with Crippen molar-refractivity contribution < 1.29 is 23.1 Å². The van der Waals surface area contributed by atoms with Crippen LogP contribution in [-0.2, 0) is 4.79 Å². The number of carbonyl (C=O) groups is 2. The number of hydrogen-bond donors (Lipinski definition) is 1. The minimum absolute atomic E-state index is 0.186. The van der Waals surface area contributed by atoms with Crippen LogP contribution in [0.4, 0.5) is 14.5 Å². The highest BCUT2D eigenvalue weighted by molar-refractivity contribution is 6.30. The molecule has 0 fully saturated rings. The van der Waals surface area contributed by atoms with E-state index in [0.29, 0.717) is 21.9 Å². The molecule has 0 saturated carbocycles. The number of ketones is 1. The van der Waals surface area contributed by atoms with Crippen LogP contribution in [0, 0.1) is 11.6 Å². The van der Waals surface area contributed by atoms with Gasteiger partial charge >= 0.3 is 0 Å². The van der Waals surface area contributed by atoms with E-state index in [0.717, 1.165) is 12.1 Å². The van der Waals surface area contributed by atoms with Crippen molar-refractivity contribution in [1.82, 2.24) is 0 Å². The topological polar surface area (TPSA) is 55.4 Å². The second kappa shape index (κ2) is 8.84. The van der Waals surface area contributed by atoms with Gasteiger partial charge in [-0.05, 0) is 67.6 Å². The number of para-hydroxylation sites is 1. The Morgan fingerprint density at radius 3 is 1.97 bits per heavy atom. The number of rotatable bonds is 6. The van der Waals surface area contributed by atoms with Crippen molar-refractivity contribution in [2.75, 3.05) is 5.32 Å². The molecule has 29 heavy (non-hydrogen) atoms. The van der Waals surface area contributed by atoms with Gasteiger partial charge in [0.15, 0.2) is 11.9 Å². The third-order valence-corrected chi connectivity index (χ3v) is 4.37. The molecule has 0 unspecified atom stereocenters. The summed E-state index contributed by atoms with van der Waals surface area (Å²) in [5.74, 6) is -2.33. The summed E-state index contributed by atoms with van der Waals surface area (Å²) >= 11 is 5.82. The smallest absolute Gasteiger partial charge is 0.265 e. The maximum absolute atomic E-state index is 13.6. The average molecular weight is 416 g/mol. The lowest BCUT2D eigenvalue weighted by Crippen LogP contribution is -2.30. The molecule has 0 spiro atoms. The van der Waals surface area contributed by atoms with Crippen molar-refractivity contribution in [3.8, 4) is 5.75 Å². The quantitative estimate of drug-likeness (QED) is 0.559. The molecule has 0 heterocycles. The van der Waals surface area contributed by atoms with Crippen LogP contribution in [0.3, 0.4) is 0 Å². The summed E-state index contributed by atoms with van der Waals surface area (Å²) in [4.78, 5) is 24.6. The summed E-state index contributed by atoms with van der Waals surface area (Å²) in [6.45, 7) is 1.45. The van der Waals surface area contributed by atoms with Gasteiger partial charge in [0.05, 0.1) is 0 Å². The maximum Gasteiger partial charge on any atom is 0.265 e. The molecule has 3 aromatic carbocycles. The Morgan fingerprint density at radius 1 is 0.897 bits per heavy atom. The van der Waals surface area contributed by atoms with E-state index in [1.165, 1.54) is 25.1 Å². The Balaban J connectivity index is 1.65. The van der Waals surface area contributed by atoms with Gasteiger partial charge in [-0.15, -0.1) is 0 Å². The van der Waals surface area contributed by atoms with Crippen molar-refractivity contribution >= 4 is 29.0 Å². The van der Waals surface area contributed by atoms with E-state index < -0.39 is 29.3 Å². The largest absolute Gasteiger partial charge is 0.481 e. The molecule has 0 aliphatic rings. The van der Waals surface area contributed by atoms with Crippen molar-refractivity contribution in [3.63, 3.8) is 0 Å². The maximum atomic E-state index is 13.6. The van der Waals surface area contributed by atoms with E-state index in [-0.39, 0.29) is 5.78 Å². The Kier molecular flexibility index (Phi) is 6.24. The van der Waals surface area contributed by atoms with Gasteiger partial charge in [-0.2, -0.15) is 0 Å². The van der Waals surface area contributed by atoms with Gasteiger partial charge in [0, 0.05) is 16.1 Å². The zero-order valence-electron chi connectivity index (χ0n) is 15.3. The first-order valence-corrected chi connectivity index (χ1v) is 9.05. The first-order valence-electron chi connectivity index (χ1n) is 8.67. The van der Waals surface area contributed by atoms with E-state index in [1.807, 2.05) is 0 Å². The molecule has 0 radical (unpaired) electrons. The van der Waals surface area contributed by atoms with Gasteiger partial charge in [-0.25, -0.2) is 8.78 Å². The van der Waals surface area contributed by atoms with E-state index in [9.17, 15) is 18.4 Å². The highest BCUT2D eigenvalue weighted by atomic mass is 35.5. The predicted molar refractivity (Wildman–Crippen MR) is 106 cm³/mol. The summed E-state index contributed by atoms with van der Waals surface area (Å²) in [5.41, 5.74) is 0.393. The summed E-state index contributed by atoms with van der Waals surface area (Å²) in [5, 5.41) is 2.71. The van der Waals surface area contributed by atoms with Crippen LogP contribution in [0.25, 0.3) is 0 Å². The third-order valence-electron chi connectivity index (χ3n) is 4.12. The van der Waals surface area contributed by atoms with Gasteiger partial charge in [-0.1, -0.05) is 17.7 Å². The second-order valence-electron chi connectivity index (χ2n) is 6.21. The lowest BCUT2D eigenvalue weighted by atomic mass is 10.0. The fraction of sp³-hybridized carbons (Fsp3) is 0.0909. The highest BCUT2D eigenvalue weighted by Gasteiger charge is 2.19. The van der Waals surface area contributed by atoms with Crippen LogP contribution in [0.5, 0.6) is 5.75 Å². The molecule has 3 aromatic rings. The highest BCUT2D eigenvalue weighted by Crippen LogP contribution is 2.20. The molecule has 3 rings (SSSR count). The number of amides is 1. The van der Waals surface area contributed by atoms with Crippen LogP contribution in [0.15, 0.2) is 66.7 Å². The molecule has 7 heteroatoms. The number of ether oxygens (including phenoxy) is 1. The number of hydrogen-bond acceptors (Lipinski definition) is 3. The van der Waals surface area contributed by atoms with E-state index >= 15 is 0 Å². The van der Waals surface area contributed by atoms with Gasteiger partial charge in [0.2, 0.25) is 0 Å². The van der Waals surface area contributed by atoms with Crippen molar-refractivity contribution in [1.29, 1.82) is 0 Å². The lowest BCUT2D eigenvalue weighted by molar-refractivity contribution is -0.122. The molecular weight excluding hydrogens is 400 g/mol. The second-order valence-corrected chi connectivity index (χ2v) is 6.64. The Hall–Kier alpha value is -3.25. The summed E-state index contributed by atoms with van der Waals surface area (Å²) in [7, 11) is 0. The zero-order chi connectivity index (χ0) is 21.0. The Bertz CT molecular complexity index is 1020. The van der Waals surface area contributed by atoms with Crippen molar-refractivity contribution in [2.24, 2.45) is 0 Å². The number of carbonyl (C=O) groups excluding carboxylic acids is 2. The standard InChI is InChI=1S/C22H16ClF2NO3/c1-13(22(28)26-20-18(24)3-2-4-19(20)25)29-17-11-7-15(8-12-17)21(27)14-5-9-16(23)10-6-14/h2-13H,1H3,(H,26,28)/t13-/m0/s1. The van der Waals surface area contributed by atoms with Gasteiger partial charge < -0.3 is 10.1 Å². The number of anilines is 1. The van der Waals surface area contributed by atoms with Crippen molar-refractivity contribution in [2.45, 2.75) is 13.0 Å². The number of halogens is 3. The Morgan fingerprint density at radius 2 is 1.41 bits per heavy atom. The fourth-order valence-electron chi connectivity index (χ4n) is 2.55. The fourth-order valence-corrected chi connectivity index (χ4v) is 2.68. The minimum atomic E-state index is -1.02. The molecule has 1 atom stereocenters.